The number of nitrogens with one attached hydrogen (secondary N) is 1. The highest BCUT2D eigenvalue weighted by Gasteiger charge is 2.42. The van der Waals surface area contributed by atoms with Gasteiger partial charge in [0.05, 0.1) is 13.2 Å². The summed E-state index contributed by atoms with van der Waals surface area (Å²) < 4.78 is 7.27. The summed E-state index contributed by atoms with van der Waals surface area (Å²) in [5.74, 6) is 0.500. The number of carbonyl (C=O) groups excluding carboxylic acids is 2. The van der Waals surface area contributed by atoms with Crippen molar-refractivity contribution in [2.75, 3.05) is 39.8 Å². The molecule has 0 aliphatic carbocycles. The van der Waals surface area contributed by atoms with Gasteiger partial charge in [0, 0.05) is 30.1 Å². The second kappa shape index (κ2) is 10.3. The third kappa shape index (κ3) is 4.40. The summed E-state index contributed by atoms with van der Waals surface area (Å²) in [6.45, 7) is 7.85. The van der Waals surface area contributed by atoms with E-state index in [2.05, 4.69) is 30.1 Å². The molecule has 2 amide bonds. The number of fused-ring (bicyclic) bond motifs is 3. The van der Waals surface area contributed by atoms with E-state index in [1.54, 1.807) is 12.0 Å². The smallest absolute Gasteiger partial charge is 0.272 e. The maximum Gasteiger partial charge on any atom is 0.272 e. The first-order valence-corrected chi connectivity index (χ1v) is 12.0. The number of carbonyl (C=O) groups is 2. The van der Waals surface area contributed by atoms with E-state index in [0.717, 1.165) is 53.8 Å². The van der Waals surface area contributed by atoms with E-state index < -0.39 is 0 Å². The van der Waals surface area contributed by atoms with Gasteiger partial charge in [0.15, 0.2) is 0 Å². The van der Waals surface area contributed by atoms with Crippen molar-refractivity contribution < 1.29 is 14.3 Å². The number of hydrogen-bond acceptors (Lipinski definition) is 4. The molecule has 4 rings (SSSR count). The molecule has 1 aliphatic rings. The maximum atomic E-state index is 13.6. The zero-order chi connectivity index (χ0) is 24.2. The third-order valence-corrected chi connectivity index (χ3v) is 6.81. The minimum atomic E-state index is -0.332. The summed E-state index contributed by atoms with van der Waals surface area (Å²) in [6, 6.07) is 15.5. The number of nitrogens with zero attached hydrogens (tertiary/aromatic N) is 3. The molecule has 1 N–H and O–H groups in total. The van der Waals surface area contributed by atoms with Gasteiger partial charge in [0.25, 0.3) is 5.91 Å². The minimum Gasteiger partial charge on any atom is -0.497 e. The molecule has 1 aliphatic heterocycles. The first kappa shape index (κ1) is 23.8. The van der Waals surface area contributed by atoms with Crippen LogP contribution in [0.1, 0.15) is 47.9 Å². The fourth-order valence-electron chi connectivity index (χ4n) is 4.94. The molecule has 180 valence electrons. The van der Waals surface area contributed by atoms with Crippen LogP contribution in [-0.4, -0.2) is 66.0 Å². The zero-order valence-corrected chi connectivity index (χ0v) is 20.5. The lowest BCUT2D eigenvalue weighted by atomic mass is 9.98. The van der Waals surface area contributed by atoms with Crippen molar-refractivity contribution in [3.05, 3.63) is 65.4 Å². The van der Waals surface area contributed by atoms with Crippen molar-refractivity contribution in [1.29, 1.82) is 0 Å². The van der Waals surface area contributed by atoms with E-state index in [1.165, 1.54) is 0 Å². The Morgan fingerprint density at radius 1 is 1.09 bits per heavy atom. The summed E-state index contributed by atoms with van der Waals surface area (Å²) in [7, 11) is 3.55. The van der Waals surface area contributed by atoms with Crippen LogP contribution in [0.2, 0.25) is 0 Å². The Morgan fingerprint density at radius 2 is 1.79 bits per heavy atom. The topological polar surface area (TPSA) is 66.8 Å². The molecule has 0 saturated carbocycles. The Bertz CT molecular complexity index is 1160. The predicted octanol–water partition coefficient (Wildman–Crippen LogP) is 3.58. The lowest BCUT2D eigenvalue weighted by molar-refractivity contribution is -0.122. The minimum absolute atomic E-state index is 0.0177. The number of hydrogen-bond donors (Lipinski definition) is 1. The number of methoxy groups -OCH3 is 1. The SMILES string of the molecule is CCN(CC)CCCNC(=O)CN1C(=O)c2c(c3ccccc3n2C)[C@H]1c1ccc(OC)cc1. The summed E-state index contributed by atoms with van der Waals surface area (Å²) in [5, 5.41) is 4.05. The largest absolute Gasteiger partial charge is 0.497 e. The van der Waals surface area contributed by atoms with Crippen molar-refractivity contribution in [2.24, 2.45) is 7.05 Å². The molecule has 1 aromatic heterocycles. The number of aromatic nitrogens is 1. The number of ether oxygens (including phenoxy) is 1. The average Bonchev–Trinajstić information content (AvgIpc) is 3.31. The molecule has 0 bridgehead atoms. The molecular formula is C27H34N4O3. The molecule has 2 aromatic carbocycles. The number of para-hydroxylation sites is 1. The molecule has 0 radical (unpaired) electrons. The summed E-state index contributed by atoms with van der Waals surface area (Å²) >= 11 is 0. The summed E-state index contributed by atoms with van der Waals surface area (Å²) in [4.78, 5) is 30.5. The van der Waals surface area contributed by atoms with E-state index >= 15 is 0 Å². The quantitative estimate of drug-likeness (QED) is 0.468. The van der Waals surface area contributed by atoms with E-state index in [1.807, 2.05) is 54.1 Å². The molecular weight excluding hydrogens is 428 g/mol. The Morgan fingerprint density at radius 3 is 2.47 bits per heavy atom. The van der Waals surface area contributed by atoms with Crippen molar-refractivity contribution in [2.45, 2.75) is 26.3 Å². The Kier molecular flexibility index (Phi) is 7.22. The van der Waals surface area contributed by atoms with Crippen LogP contribution in [0.5, 0.6) is 5.75 Å². The van der Waals surface area contributed by atoms with Crippen LogP contribution in [0.15, 0.2) is 48.5 Å². The van der Waals surface area contributed by atoms with Gasteiger partial charge in [-0.15, -0.1) is 0 Å². The van der Waals surface area contributed by atoms with Gasteiger partial charge in [0.1, 0.15) is 18.0 Å². The first-order chi connectivity index (χ1) is 16.5. The second-order valence-electron chi connectivity index (χ2n) is 8.68. The predicted molar refractivity (Wildman–Crippen MR) is 134 cm³/mol. The monoisotopic (exact) mass is 462 g/mol. The van der Waals surface area contributed by atoms with Crippen LogP contribution in [0, 0.1) is 0 Å². The van der Waals surface area contributed by atoms with Crippen LogP contribution in [0.3, 0.4) is 0 Å². The highest BCUT2D eigenvalue weighted by Crippen LogP contribution is 2.43. The molecule has 0 spiro atoms. The average molecular weight is 463 g/mol. The van der Waals surface area contributed by atoms with Gasteiger partial charge in [-0.05, 0) is 49.8 Å². The van der Waals surface area contributed by atoms with E-state index in [0.29, 0.717) is 12.2 Å². The van der Waals surface area contributed by atoms with E-state index in [4.69, 9.17) is 4.74 Å². The van der Waals surface area contributed by atoms with Gasteiger partial charge in [-0.2, -0.15) is 0 Å². The number of amides is 2. The Labute approximate surface area is 201 Å². The molecule has 7 heteroatoms. The van der Waals surface area contributed by atoms with Crippen molar-refractivity contribution in [1.82, 2.24) is 19.7 Å². The molecule has 34 heavy (non-hydrogen) atoms. The lowest BCUT2D eigenvalue weighted by Gasteiger charge is -2.26. The Balaban J connectivity index is 1.60. The molecule has 7 nitrogen and oxygen atoms in total. The van der Waals surface area contributed by atoms with Crippen LogP contribution in [-0.2, 0) is 11.8 Å². The maximum absolute atomic E-state index is 13.6. The van der Waals surface area contributed by atoms with Gasteiger partial charge in [-0.1, -0.05) is 44.2 Å². The van der Waals surface area contributed by atoms with Gasteiger partial charge in [-0.25, -0.2) is 0 Å². The van der Waals surface area contributed by atoms with Gasteiger partial charge in [-0.3, -0.25) is 9.59 Å². The van der Waals surface area contributed by atoms with Crippen molar-refractivity contribution in [3.63, 3.8) is 0 Å². The number of benzene rings is 2. The Hall–Kier alpha value is -3.32. The fourth-order valence-corrected chi connectivity index (χ4v) is 4.94. The van der Waals surface area contributed by atoms with Crippen LogP contribution < -0.4 is 10.1 Å². The van der Waals surface area contributed by atoms with E-state index in [-0.39, 0.29) is 24.4 Å². The van der Waals surface area contributed by atoms with Crippen molar-refractivity contribution in [3.8, 4) is 5.75 Å². The first-order valence-electron chi connectivity index (χ1n) is 12.0. The zero-order valence-electron chi connectivity index (χ0n) is 20.5. The van der Waals surface area contributed by atoms with Crippen molar-refractivity contribution >= 4 is 22.7 Å². The highest BCUT2D eigenvalue weighted by molar-refractivity contribution is 6.07. The van der Waals surface area contributed by atoms with E-state index in [9.17, 15) is 9.59 Å². The van der Waals surface area contributed by atoms with Crippen LogP contribution in [0.25, 0.3) is 10.9 Å². The standard InChI is InChI=1S/C27H34N4O3/c1-5-30(6-2)17-9-16-28-23(32)18-31-25(19-12-14-20(34-4)15-13-19)24-21-10-7-8-11-22(21)29(3)26(24)27(31)33/h7-8,10-15,25H,5-6,9,16-18H2,1-4H3,(H,28,32)/t25-/m1/s1. The molecule has 3 aromatic rings. The fraction of sp³-hybridized carbons (Fsp3) is 0.407. The lowest BCUT2D eigenvalue weighted by Crippen LogP contribution is -2.40. The van der Waals surface area contributed by atoms with Crippen LogP contribution in [0.4, 0.5) is 0 Å². The molecule has 2 heterocycles. The van der Waals surface area contributed by atoms with Gasteiger partial charge in [0.2, 0.25) is 5.91 Å². The second-order valence-corrected chi connectivity index (χ2v) is 8.68. The summed E-state index contributed by atoms with van der Waals surface area (Å²) in [5.41, 5.74) is 3.58. The third-order valence-electron chi connectivity index (χ3n) is 6.81. The normalized spacial score (nSPS) is 15.3. The molecule has 0 fully saturated rings. The van der Waals surface area contributed by atoms with Gasteiger partial charge >= 0.3 is 0 Å². The highest BCUT2D eigenvalue weighted by atomic mass is 16.5. The number of rotatable bonds is 10. The molecule has 0 saturated heterocycles. The van der Waals surface area contributed by atoms with Crippen LogP contribution >= 0.6 is 0 Å². The number of aryl methyl sites for hydroxylation is 1. The molecule has 0 unspecified atom stereocenters. The van der Waals surface area contributed by atoms with Gasteiger partial charge < -0.3 is 24.4 Å². The molecule has 1 atom stereocenters. The summed E-state index contributed by atoms with van der Waals surface area (Å²) in [6.07, 6.45) is 0.883.